The van der Waals surface area contributed by atoms with Crippen LogP contribution in [0.25, 0.3) is 0 Å². The Morgan fingerprint density at radius 1 is 1.16 bits per heavy atom. The minimum atomic E-state index is -1.13. The second-order valence-corrected chi connectivity index (χ2v) is 9.95. The van der Waals surface area contributed by atoms with Crippen LogP contribution in [0, 0.1) is 11.3 Å². The molecule has 1 aliphatic heterocycles. The molecule has 1 fully saturated rings. The summed E-state index contributed by atoms with van der Waals surface area (Å²) < 4.78 is 4.54. The third kappa shape index (κ3) is 2.54. The van der Waals surface area contributed by atoms with Gasteiger partial charge in [0.05, 0.1) is 18.0 Å². The van der Waals surface area contributed by atoms with E-state index in [0.29, 0.717) is 11.1 Å². The standard InChI is InChI=1S/C23H22BrN3O5/c1-11-8-18(29)15-10-16-13(6-7-26-21(31)25(3)22(32)27(16)26)19(23(15,2)20(11)30)14-9-12(24)4-5-17(14)28/h4-6,8-9,15-16,19,28H,7,10H2,1-3H3/t15-,16+,19+,23+/m0/s1. The molecule has 0 saturated heterocycles. The van der Waals surface area contributed by atoms with Gasteiger partial charge in [0.2, 0.25) is 0 Å². The lowest BCUT2D eigenvalue weighted by Gasteiger charge is -2.52. The summed E-state index contributed by atoms with van der Waals surface area (Å²) in [6, 6.07) is 4.43. The first kappa shape index (κ1) is 20.9. The highest BCUT2D eigenvalue weighted by molar-refractivity contribution is 9.10. The van der Waals surface area contributed by atoms with E-state index in [1.807, 2.05) is 6.08 Å². The molecule has 2 aromatic rings. The minimum Gasteiger partial charge on any atom is -0.508 e. The Morgan fingerprint density at radius 3 is 2.59 bits per heavy atom. The fraction of sp³-hybridized carbons (Fsp3) is 0.391. The maximum atomic E-state index is 13.6. The molecule has 0 spiro atoms. The molecule has 0 radical (unpaired) electrons. The first-order valence-electron chi connectivity index (χ1n) is 10.4. The van der Waals surface area contributed by atoms with Gasteiger partial charge in [0.15, 0.2) is 11.6 Å². The molecule has 166 valence electrons. The minimum absolute atomic E-state index is 0.00977. The topological polar surface area (TPSA) is 103 Å². The van der Waals surface area contributed by atoms with Gasteiger partial charge in [-0.2, -0.15) is 0 Å². The Kier molecular flexibility index (Phi) is 4.43. The van der Waals surface area contributed by atoms with Crippen molar-refractivity contribution in [1.82, 2.24) is 13.9 Å². The number of hydrogen-bond acceptors (Lipinski definition) is 5. The smallest absolute Gasteiger partial charge is 0.347 e. The van der Waals surface area contributed by atoms with E-state index in [-0.39, 0.29) is 30.3 Å². The van der Waals surface area contributed by atoms with Crippen molar-refractivity contribution in [2.75, 3.05) is 0 Å². The van der Waals surface area contributed by atoms with Crippen LogP contribution in [0.5, 0.6) is 5.75 Å². The molecule has 32 heavy (non-hydrogen) atoms. The van der Waals surface area contributed by atoms with E-state index in [0.717, 1.165) is 14.6 Å². The first-order valence-corrected chi connectivity index (χ1v) is 11.2. The van der Waals surface area contributed by atoms with E-state index < -0.39 is 34.7 Å². The fourth-order valence-corrected chi connectivity index (χ4v) is 6.25. The molecule has 2 heterocycles. The highest BCUT2D eigenvalue weighted by atomic mass is 79.9. The number of ketones is 2. The number of Topliss-reactive ketones (excluding diaryl/α,β-unsaturated/α-hetero) is 1. The van der Waals surface area contributed by atoms with Gasteiger partial charge in [0.25, 0.3) is 0 Å². The zero-order chi connectivity index (χ0) is 23.1. The van der Waals surface area contributed by atoms with Gasteiger partial charge >= 0.3 is 11.4 Å². The van der Waals surface area contributed by atoms with Crippen molar-refractivity contribution in [2.24, 2.45) is 18.4 Å². The number of benzene rings is 1. The van der Waals surface area contributed by atoms with Crippen molar-refractivity contribution in [3.8, 4) is 5.75 Å². The number of phenols is 1. The Bertz CT molecular complexity index is 1390. The molecular weight excluding hydrogens is 478 g/mol. The summed E-state index contributed by atoms with van der Waals surface area (Å²) in [5.41, 5.74) is -0.358. The van der Waals surface area contributed by atoms with E-state index in [1.54, 1.807) is 32.0 Å². The SMILES string of the molecule is CC1=CC(=O)[C@@H]2C[C@@H]3C(=CCn4c(=O)n(C)c(=O)n43)[C@H](c3cc(Br)ccc3O)[C@]2(C)C1=O. The van der Waals surface area contributed by atoms with Crippen LogP contribution in [0.3, 0.4) is 0 Å². The summed E-state index contributed by atoms with van der Waals surface area (Å²) in [5, 5.41) is 10.8. The maximum absolute atomic E-state index is 13.6. The maximum Gasteiger partial charge on any atom is 0.347 e. The Morgan fingerprint density at radius 2 is 1.88 bits per heavy atom. The molecule has 4 atom stereocenters. The van der Waals surface area contributed by atoms with Crippen LogP contribution < -0.4 is 11.4 Å². The van der Waals surface area contributed by atoms with Crippen LogP contribution in [-0.2, 0) is 23.2 Å². The number of carbonyl (C=O) groups is 2. The van der Waals surface area contributed by atoms with Gasteiger partial charge < -0.3 is 5.11 Å². The number of aromatic hydroxyl groups is 1. The zero-order valence-electron chi connectivity index (χ0n) is 17.8. The van der Waals surface area contributed by atoms with Gasteiger partial charge in [-0.1, -0.05) is 28.9 Å². The van der Waals surface area contributed by atoms with Crippen molar-refractivity contribution < 1.29 is 14.7 Å². The van der Waals surface area contributed by atoms with Gasteiger partial charge in [-0.3, -0.25) is 9.59 Å². The highest BCUT2D eigenvalue weighted by Gasteiger charge is 2.59. The second-order valence-electron chi connectivity index (χ2n) is 9.04. The number of phenolic OH excluding ortho intramolecular Hbond substituents is 1. The lowest BCUT2D eigenvalue weighted by Crippen LogP contribution is -2.54. The summed E-state index contributed by atoms with van der Waals surface area (Å²) in [6.45, 7) is 3.59. The number of hydrogen-bond donors (Lipinski definition) is 1. The Labute approximate surface area is 191 Å². The average Bonchev–Trinajstić information content (AvgIpc) is 2.97. The lowest BCUT2D eigenvalue weighted by molar-refractivity contribution is -0.139. The van der Waals surface area contributed by atoms with E-state index in [9.17, 15) is 24.3 Å². The highest BCUT2D eigenvalue weighted by Crippen LogP contribution is 2.60. The van der Waals surface area contributed by atoms with E-state index >= 15 is 0 Å². The summed E-state index contributed by atoms with van der Waals surface area (Å²) in [6.07, 6.45) is 3.47. The molecule has 8 nitrogen and oxygen atoms in total. The molecular formula is C23H22BrN3O5. The number of aromatic nitrogens is 3. The number of nitrogens with zero attached hydrogens (tertiary/aromatic N) is 3. The van der Waals surface area contributed by atoms with Gasteiger partial charge in [0.1, 0.15) is 5.75 Å². The molecule has 3 aliphatic rings. The van der Waals surface area contributed by atoms with E-state index in [4.69, 9.17) is 0 Å². The Hall–Kier alpha value is -2.94. The molecule has 1 N–H and O–H groups in total. The van der Waals surface area contributed by atoms with Crippen LogP contribution in [0.1, 0.15) is 37.8 Å². The molecule has 1 saturated carbocycles. The Balaban J connectivity index is 1.83. The number of allylic oxidation sites excluding steroid dienone is 4. The molecule has 1 aromatic carbocycles. The predicted octanol–water partition coefficient (Wildman–Crippen LogP) is 2.21. The zero-order valence-corrected chi connectivity index (χ0v) is 19.4. The van der Waals surface area contributed by atoms with Gasteiger partial charge in [-0.05, 0) is 48.8 Å². The van der Waals surface area contributed by atoms with Gasteiger partial charge in [-0.15, -0.1) is 0 Å². The summed E-state index contributed by atoms with van der Waals surface area (Å²) >= 11 is 3.45. The molecule has 0 bridgehead atoms. The number of carbonyl (C=O) groups excluding carboxylic acids is 2. The van der Waals surface area contributed by atoms with Gasteiger partial charge in [-0.25, -0.2) is 23.5 Å². The summed E-state index contributed by atoms with van der Waals surface area (Å²) in [5.74, 6) is -1.64. The average molecular weight is 500 g/mol. The van der Waals surface area contributed by atoms with Crippen molar-refractivity contribution in [2.45, 2.75) is 38.8 Å². The molecule has 0 amide bonds. The second kappa shape index (κ2) is 6.78. The fourth-order valence-electron chi connectivity index (χ4n) is 5.87. The predicted molar refractivity (Wildman–Crippen MR) is 120 cm³/mol. The summed E-state index contributed by atoms with van der Waals surface area (Å²) in [7, 11) is 1.43. The molecule has 2 aliphatic carbocycles. The molecule has 1 aromatic heterocycles. The van der Waals surface area contributed by atoms with Crippen LogP contribution in [-0.4, -0.2) is 30.6 Å². The first-order chi connectivity index (χ1) is 15.1. The van der Waals surface area contributed by atoms with Crippen LogP contribution in [0.2, 0.25) is 0 Å². The van der Waals surface area contributed by atoms with Crippen LogP contribution in [0.15, 0.2) is 55.6 Å². The van der Waals surface area contributed by atoms with Crippen molar-refractivity contribution >= 4 is 27.5 Å². The third-order valence-corrected chi connectivity index (χ3v) is 7.89. The monoisotopic (exact) mass is 499 g/mol. The molecule has 9 heteroatoms. The number of rotatable bonds is 1. The molecule has 0 unspecified atom stereocenters. The third-order valence-electron chi connectivity index (χ3n) is 7.40. The van der Waals surface area contributed by atoms with Crippen LogP contribution in [0.4, 0.5) is 0 Å². The normalized spacial score (nSPS) is 29.1. The molecule has 5 rings (SSSR count). The summed E-state index contributed by atoms with van der Waals surface area (Å²) in [4.78, 5) is 52.3. The van der Waals surface area contributed by atoms with Crippen molar-refractivity contribution in [3.63, 3.8) is 0 Å². The lowest BCUT2D eigenvalue weighted by atomic mass is 9.51. The van der Waals surface area contributed by atoms with Crippen molar-refractivity contribution in [3.05, 3.63) is 72.5 Å². The van der Waals surface area contributed by atoms with Crippen LogP contribution >= 0.6 is 15.9 Å². The van der Waals surface area contributed by atoms with Gasteiger partial charge in [0, 0.05) is 28.9 Å². The number of halogens is 1. The van der Waals surface area contributed by atoms with E-state index in [1.165, 1.54) is 22.5 Å². The number of fused-ring (bicyclic) bond motifs is 4. The quantitative estimate of drug-likeness (QED) is 0.605. The van der Waals surface area contributed by atoms with Crippen molar-refractivity contribution in [1.29, 1.82) is 0 Å². The largest absolute Gasteiger partial charge is 0.508 e. The van der Waals surface area contributed by atoms with E-state index in [2.05, 4.69) is 15.9 Å².